The van der Waals surface area contributed by atoms with Gasteiger partial charge in [0.15, 0.2) is 5.78 Å². The quantitative estimate of drug-likeness (QED) is 0.899. The van der Waals surface area contributed by atoms with Gasteiger partial charge in [0.05, 0.1) is 6.54 Å². The van der Waals surface area contributed by atoms with Crippen LogP contribution in [0.2, 0.25) is 5.02 Å². The van der Waals surface area contributed by atoms with Crippen LogP contribution in [-0.2, 0) is 11.2 Å². The molecule has 17 heavy (non-hydrogen) atoms. The second-order valence-corrected chi connectivity index (χ2v) is 5.49. The molecule has 0 heterocycles. The smallest absolute Gasteiger partial charge is 0.151 e. The summed E-state index contributed by atoms with van der Waals surface area (Å²) in [6.07, 6.45) is 0.0894. The average molecular weight is 258 g/mol. The van der Waals surface area contributed by atoms with Crippen molar-refractivity contribution in [3.8, 4) is 0 Å². The zero-order valence-electron chi connectivity index (χ0n) is 10.3. The average Bonchev–Trinajstić information content (AvgIpc) is 2.18. The summed E-state index contributed by atoms with van der Waals surface area (Å²) in [5.74, 6) is -0.470. The third kappa shape index (κ3) is 5.29. The third-order valence-corrected chi connectivity index (χ3v) is 2.45. The Morgan fingerprint density at radius 3 is 2.59 bits per heavy atom. The first-order valence-corrected chi connectivity index (χ1v) is 5.86. The number of nitrogens with one attached hydrogen (secondary N) is 1. The van der Waals surface area contributed by atoms with Crippen LogP contribution in [0.3, 0.4) is 0 Å². The normalized spacial score (nSPS) is 11.6. The minimum absolute atomic E-state index is 0.0406. The maximum absolute atomic E-state index is 13.4. The van der Waals surface area contributed by atoms with Crippen molar-refractivity contribution in [2.45, 2.75) is 32.7 Å². The number of halogens is 2. The van der Waals surface area contributed by atoms with Crippen molar-refractivity contribution in [1.29, 1.82) is 0 Å². The van der Waals surface area contributed by atoms with Crippen LogP contribution in [0.4, 0.5) is 4.39 Å². The van der Waals surface area contributed by atoms with Gasteiger partial charge in [-0.25, -0.2) is 4.39 Å². The summed E-state index contributed by atoms with van der Waals surface area (Å²) in [5, 5.41) is 3.41. The molecule has 1 rings (SSSR count). The van der Waals surface area contributed by atoms with E-state index in [2.05, 4.69) is 5.32 Å². The molecule has 0 radical (unpaired) electrons. The predicted molar refractivity (Wildman–Crippen MR) is 67.9 cm³/mol. The summed E-state index contributed by atoms with van der Waals surface area (Å²) in [5.41, 5.74) is 0.267. The molecule has 2 nitrogen and oxygen atoms in total. The molecule has 0 aliphatic heterocycles. The highest BCUT2D eigenvalue weighted by atomic mass is 35.5. The summed E-state index contributed by atoms with van der Waals surface area (Å²) >= 11 is 5.64. The van der Waals surface area contributed by atoms with Crippen LogP contribution in [0.25, 0.3) is 0 Å². The van der Waals surface area contributed by atoms with E-state index in [-0.39, 0.29) is 24.3 Å². The molecule has 0 aromatic heterocycles. The van der Waals surface area contributed by atoms with Crippen molar-refractivity contribution >= 4 is 17.4 Å². The van der Waals surface area contributed by atoms with Gasteiger partial charge in [-0.2, -0.15) is 0 Å². The molecule has 1 aromatic carbocycles. The van der Waals surface area contributed by atoms with E-state index in [1.165, 1.54) is 6.07 Å². The number of benzene rings is 1. The minimum Gasteiger partial charge on any atom is -0.305 e. The van der Waals surface area contributed by atoms with Crippen molar-refractivity contribution in [2.24, 2.45) is 0 Å². The fourth-order valence-electron chi connectivity index (χ4n) is 1.30. The highest BCUT2D eigenvalue weighted by molar-refractivity contribution is 6.30. The molecule has 0 spiro atoms. The van der Waals surface area contributed by atoms with Crippen molar-refractivity contribution in [1.82, 2.24) is 5.32 Å². The van der Waals surface area contributed by atoms with Gasteiger partial charge in [-0.05, 0) is 38.5 Å². The first kappa shape index (κ1) is 14.1. The fraction of sp³-hybridized carbons (Fsp3) is 0.462. The highest BCUT2D eigenvalue weighted by Crippen LogP contribution is 2.15. The molecular formula is C13H17ClFNO. The molecule has 0 unspecified atom stereocenters. The summed E-state index contributed by atoms with van der Waals surface area (Å²) < 4.78 is 13.4. The number of rotatable bonds is 4. The van der Waals surface area contributed by atoms with Crippen molar-refractivity contribution in [3.63, 3.8) is 0 Å². The van der Waals surface area contributed by atoms with Gasteiger partial charge in [0.2, 0.25) is 0 Å². The van der Waals surface area contributed by atoms with Crippen molar-refractivity contribution in [2.75, 3.05) is 6.54 Å². The lowest BCUT2D eigenvalue weighted by Gasteiger charge is -2.19. The lowest BCUT2D eigenvalue weighted by Crippen LogP contribution is -2.39. The maximum Gasteiger partial charge on any atom is 0.151 e. The number of Topliss-reactive ketones (excluding diaryl/α,β-unsaturated/α-hetero) is 1. The molecule has 0 saturated carbocycles. The Morgan fingerprint density at radius 2 is 2.06 bits per heavy atom. The van der Waals surface area contributed by atoms with E-state index in [9.17, 15) is 9.18 Å². The highest BCUT2D eigenvalue weighted by Gasteiger charge is 2.13. The Bertz CT molecular complexity index is 412. The van der Waals surface area contributed by atoms with E-state index in [0.29, 0.717) is 10.6 Å². The molecule has 0 fully saturated rings. The monoisotopic (exact) mass is 257 g/mol. The zero-order chi connectivity index (χ0) is 13.1. The van der Waals surface area contributed by atoms with Gasteiger partial charge >= 0.3 is 0 Å². The molecule has 1 aromatic rings. The van der Waals surface area contributed by atoms with Gasteiger partial charge in [-0.1, -0.05) is 17.7 Å². The van der Waals surface area contributed by atoms with Crippen molar-refractivity contribution < 1.29 is 9.18 Å². The van der Waals surface area contributed by atoms with Gasteiger partial charge in [0.1, 0.15) is 5.82 Å². The van der Waals surface area contributed by atoms with Gasteiger partial charge in [-0.15, -0.1) is 0 Å². The SMILES string of the molecule is CC(C)(C)NCC(=O)Cc1ccc(Cl)cc1F. The molecule has 4 heteroatoms. The number of hydrogen-bond acceptors (Lipinski definition) is 2. The van der Waals surface area contributed by atoms with Crippen LogP contribution in [-0.4, -0.2) is 17.9 Å². The minimum atomic E-state index is -0.429. The first-order chi connectivity index (χ1) is 7.78. The summed E-state index contributed by atoms with van der Waals surface area (Å²) in [6.45, 7) is 6.17. The predicted octanol–water partition coefficient (Wildman–Crippen LogP) is 2.98. The van der Waals surface area contributed by atoms with Gasteiger partial charge in [0, 0.05) is 17.0 Å². The van der Waals surface area contributed by atoms with Crippen LogP contribution in [0, 0.1) is 5.82 Å². The lowest BCUT2D eigenvalue weighted by atomic mass is 10.1. The molecule has 0 amide bonds. The number of carbonyl (C=O) groups excluding carboxylic acids is 1. The van der Waals surface area contributed by atoms with Crippen LogP contribution in [0.1, 0.15) is 26.3 Å². The third-order valence-electron chi connectivity index (χ3n) is 2.22. The number of ketones is 1. The molecule has 1 N–H and O–H groups in total. The molecule has 0 aliphatic carbocycles. The van der Waals surface area contributed by atoms with Crippen molar-refractivity contribution in [3.05, 3.63) is 34.6 Å². The molecule has 94 valence electrons. The maximum atomic E-state index is 13.4. The largest absolute Gasteiger partial charge is 0.305 e. The Labute approximate surface area is 106 Å². The van der Waals surface area contributed by atoms with Gasteiger partial charge < -0.3 is 5.32 Å². The summed E-state index contributed by atoms with van der Waals surface area (Å²) in [7, 11) is 0. The van der Waals surface area contributed by atoms with Crippen LogP contribution < -0.4 is 5.32 Å². The Kier molecular flexibility index (Phi) is 4.66. The second-order valence-electron chi connectivity index (χ2n) is 5.05. The van der Waals surface area contributed by atoms with Crippen LogP contribution in [0.5, 0.6) is 0 Å². The molecule has 0 aliphatic rings. The molecule has 0 bridgehead atoms. The summed E-state index contributed by atoms with van der Waals surface area (Å²) in [6, 6.07) is 4.36. The molecule has 0 atom stereocenters. The van der Waals surface area contributed by atoms with Crippen LogP contribution in [0.15, 0.2) is 18.2 Å². The van der Waals surface area contributed by atoms with Gasteiger partial charge in [0.25, 0.3) is 0 Å². The van der Waals surface area contributed by atoms with E-state index in [1.54, 1.807) is 12.1 Å². The topological polar surface area (TPSA) is 29.1 Å². The van der Waals surface area contributed by atoms with E-state index in [4.69, 9.17) is 11.6 Å². The van der Waals surface area contributed by atoms with E-state index < -0.39 is 5.82 Å². The summed E-state index contributed by atoms with van der Waals surface area (Å²) in [4.78, 5) is 11.6. The van der Waals surface area contributed by atoms with Gasteiger partial charge in [-0.3, -0.25) is 4.79 Å². The lowest BCUT2D eigenvalue weighted by molar-refractivity contribution is -0.117. The second kappa shape index (κ2) is 5.61. The first-order valence-electron chi connectivity index (χ1n) is 5.48. The Hall–Kier alpha value is -0.930. The Morgan fingerprint density at radius 1 is 1.41 bits per heavy atom. The van der Waals surface area contributed by atoms with E-state index >= 15 is 0 Å². The Balaban J connectivity index is 2.57. The van der Waals surface area contributed by atoms with E-state index in [0.717, 1.165) is 0 Å². The van der Waals surface area contributed by atoms with E-state index in [1.807, 2.05) is 20.8 Å². The zero-order valence-corrected chi connectivity index (χ0v) is 11.1. The fourth-order valence-corrected chi connectivity index (χ4v) is 1.46. The number of carbonyl (C=O) groups is 1. The van der Waals surface area contributed by atoms with Crippen LogP contribution >= 0.6 is 11.6 Å². The molecule has 0 saturated heterocycles. The number of hydrogen-bond donors (Lipinski definition) is 1. The standard InChI is InChI=1S/C13H17ClFNO/c1-13(2,3)16-8-11(17)6-9-4-5-10(14)7-12(9)15/h4-5,7,16H,6,8H2,1-3H3. The molecular weight excluding hydrogens is 241 g/mol.